The summed E-state index contributed by atoms with van der Waals surface area (Å²) in [7, 11) is 0. The SMILES string of the molecule is CC1CCC(OC(=O)[C@@H](C)N)CC1C. The van der Waals surface area contributed by atoms with Crippen LogP contribution in [0.25, 0.3) is 0 Å². The van der Waals surface area contributed by atoms with Crippen molar-refractivity contribution in [3.8, 4) is 0 Å². The van der Waals surface area contributed by atoms with Crippen LogP contribution in [0.3, 0.4) is 0 Å². The van der Waals surface area contributed by atoms with Crippen molar-refractivity contribution in [1.82, 2.24) is 0 Å². The number of nitrogens with two attached hydrogens (primary N) is 1. The van der Waals surface area contributed by atoms with Gasteiger partial charge < -0.3 is 10.5 Å². The first-order valence-electron chi connectivity index (χ1n) is 5.46. The maximum Gasteiger partial charge on any atom is 0.322 e. The highest BCUT2D eigenvalue weighted by molar-refractivity contribution is 5.75. The van der Waals surface area contributed by atoms with Gasteiger partial charge in [0, 0.05) is 0 Å². The fourth-order valence-electron chi connectivity index (χ4n) is 1.88. The van der Waals surface area contributed by atoms with Gasteiger partial charge in [0.25, 0.3) is 0 Å². The molecule has 3 heteroatoms. The molecule has 4 atom stereocenters. The Morgan fingerprint density at radius 3 is 2.50 bits per heavy atom. The summed E-state index contributed by atoms with van der Waals surface area (Å²) in [6, 6.07) is -0.496. The molecule has 14 heavy (non-hydrogen) atoms. The van der Waals surface area contributed by atoms with Crippen LogP contribution in [-0.4, -0.2) is 18.1 Å². The van der Waals surface area contributed by atoms with E-state index in [-0.39, 0.29) is 12.1 Å². The third kappa shape index (κ3) is 2.98. The van der Waals surface area contributed by atoms with Crippen molar-refractivity contribution in [3.63, 3.8) is 0 Å². The summed E-state index contributed by atoms with van der Waals surface area (Å²) in [5.41, 5.74) is 5.44. The molecular formula is C11H21NO2. The van der Waals surface area contributed by atoms with Gasteiger partial charge in [-0.05, 0) is 38.0 Å². The molecule has 0 aromatic heterocycles. The van der Waals surface area contributed by atoms with Gasteiger partial charge in [0.2, 0.25) is 0 Å². The Kier molecular flexibility index (Phi) is 3.93. The third-order valence-corrected chi connectivity index (χ3v) is 3.20. The van der Waals surface area contributed by atoms with Gasteiger partial charge in [-0.1, -0.05) is 13.8 Å². The Labute approximate surface area is 86.0 Å². The fraction of sp³-hybridized carbons (Fsp3) is 0.909. The summed E-state index contributed by atoms with van der Waals surface area (Å²) in [5.74, 6) is 1.13. The number of rotatable bonds is 2. The lowest BCUT2D eigenvalue weighted by Gasteiger charge is -2.31. The molecule has 1 saturated carbocycles. The van der Waals surface area contributed by atoms with Gasteiger partial charge in [0.15, 0.2) is 0 Å². The van der Waals surface area contributed by atoms with E-state index < -0.39 is 6.04 Å². The van der Waals surface area contributed by atoms with Crippen molar-refractivity contribution < 1.29 is 9.53 Å². The monoisotopic (exact) mass is 199 g/mol. The molecule has 1 fully saturated rings. The molecule has 1 aliphatic rings. The summed E-state index contributed by atoms with van der Waals surface area (Å²) in [6.45, 7) is 6.14. The van der Waals surface area contributed by atoms with Crippen LogP contribution in [0.15, 0.2) is 0 Å². The molecule has 3 nitrogen and oxygen atoms in total. The molecule has 0 heterocycles. The molecule has 3 unspecified atom stereocenters. The third-order valence-electron chi connectivity index (χ3n) is 3.20. The molecule has 0 saturated heterocycles. The minimum Gasteiger partial charge on any atom is -0.461 e. The number of carbonyl (C=O) groups is 1. The van der Waals surface area contributed by atoms with Crippen molar-refractivity contribution in [2.45, 2.75) is 52.2 Å². The second kappa shape index (κ2) is 4.78. The van der Waals surface area contributed by atoms with Crippen LogP contribution in [0.5, 0.6) is 0 Å². The molecular weight excluding hydrogens is 178 g/mol. The standard InChI is InChI=1S/C11H21NO2/c1-7-4-5-10(6-8(7)2)14-11(13)9(3)12/h7-10H,4-6,12H2,1-3H3/t7?,8?,9-,10?/m1/s1. The Hall–Kier alpha value is -0.570. The number of esters is 1. The Morgan fingerprint density at radius 1 is 1.36 bits per heavy atom. The van der Waals surface area contributed by atoms with Gasteiger partial charge >= 0.3 is 5.97 Å². The molecule has 1 aliphatic carbocycles. The molecule has 0 aromatic carbocycles. The van der Waals surface area contributed by atoms with E-state index >= 15 is 0 Å². The first-order chi connectivity index (χ1) is 6.50. The second-order valence-electron chi connectivity index (χ2n) is 4.62. The first-order valence-corrected chi connectivity index (χ1v) is 5.46. The largest absolute Gasteiger partial charge is 0.461 e. The lowest BCUT2D eigenvalue weighted by atomic mass is 9.80. The quantitative estimate of drug-likeness (QED) is 0.689. The van der Waals surface area contributed by atoms with Gasteiger partial charge in [-0.2, -0.15) is 0 Å². The zero-order chi connectivity index (χ0) is 10.7. The first kappa shape index (κ1) is 11.5. The smallest absolute Gasteiger partial charge is 0.322 e. The molecule has 0 amide bonds. The second-order valence-corrected chi connectivity index (χ2v) is 4.62. The predicted molar refractivity (Wildman–Crippen MR) is 55.7 cm³/mol. The summed E-state index contributed by atoms with van der Waals surface area (Å²) >= 11 is 0. The van der Waals surface area contributed by atoms with E-state index in [9.17, 15) is 4.79 Å². The molecule has 0 aromatic rings. The molecule has 2 N–H and O–H groups in total. The topological polar surface area (TPSA) is 52.3 Å². The van der Waals surface area contributed by atoms with Gasteiger partial charge in [0.05, 0.1) is 0 Å². The van der Waals surface area contributed by atoms with Gasteiger partial charge in [-0.3, -0.25) is 4.79 Å². The van der Waals surface area contributed by atoms with Crippen LogP contribution in [0.1, 0.15) is 40.0 Å². The van der Waals surface area contributed by atoms with Crippen LogP contribution in [0.4, 0.5) is 0 Å². The molecule has 82 valence electrons. The average Bonchev–Trinajstić information content (AvgIpc) is 2.11. The lowest BCUT2D eigenvalue weighted by molar-refractivity contribution is -0.152. The molecule has 1 rings (SSSR count). The van der Waals surface area contributed by atoms with Crippen molar-refractivity contribution >= 4 is 5.97 Å². The highest BCUT2D eigenvalue weighted by Crippen LogP contribution is 2.30. The highest BCUT2D eigenvalue weighted by atomic mass is 16.5. The Balaban J connectivity index is 2.37. The van der Waals surface area contributed by atoms with Crippen molar-refractivity contribution in [2.75, 3.05) is 0 Å². The number of hydrogen-bond acceptors (Lipinski definition) is 3. The molecule has 0 spiro atoms. The Morgan fingerprint density at radius 2 is 2.00 bits per heavy atom. The zero-order valence-electron chi connectivity index (χ0n) is 9.32. The van der Waals surface area contributed by atoms with E-state index in [0.29, 0.717) is 5.92 Å². The van der Waals surface area contributed by atoms with Crippen LogP contribution in [0, 0.1) is 11.8 Å². The number of hydrogen-bond donors (Lipinski definition) is 1. The normalized spacial score (nSPS) is 35.0. The van der Waals surface area contributed by atoms with E-state index in [1.54, 1.807) is 6.92 Å². The summed E-state index contributed by atoms with van der Waals surface area (Å²) in [5, 5.41) is 0. The van der Waals surface area contributed by atoms with Gasteiger partial charge in [-0.25, -0.2) is 0 Å². The fourth-order valence-corrected chi connectivity index (χ4v) is 1.88. The van der Waals surface area contributed by atoms with E-state index in [1.165, 1.54) is 0 Å². The van der Waals surface area contributed by atoms with E-state index in [1.807, 2.05) is 0 Å². The van der Waals surface area contributed by atoms with Crippen molar-refractivity contribution in [1.29, 1.82) is 0 Å². The maximum atomic E-state index is 11.3. The van der Waals surface area contributed by atoms with E-state index in [2.05, 4.69) is 13.8 Å². The van der Waals surface area contributed by atoms with Crippen LogP contribution >= 0.6 is 0 Å². The molecule has 0 bridgehead atoms. The minimum absolute atomic E-state index is 0.0969. The van der Waals surface area contributed by atoms with Crippen LogP contribution in [0.2, 0.25) is 0 Å². The van der Waals surface area contributed by atoms with E-state index in [4.69, 9.17) is 10.5 Å². The number of ether oxygens (including phenoxy) is 1. The average molecular weight is 199 g/mol. The molecule has 0 aliphatic heterocycles. The highest BCUT2D eigenvalue weighted by Gasteiger charge is 2.27. The lowest BCUT2D eigenvalue weighted by Crippen LogP contribution is -2.35. The summed E-state index contributed by atoms with van der Waals surface area (Å²) in [6.07, 6.45) is 3.22. The van der Waals surface area contributed by atoms with Crippen LogP contribution < -0.4 is 5.73 Å². The van der Waals surface area contributed by atoms with E-state index in [0.717, 1.165) is 25.2 Å². The van der Waals surface area contributed by atoms with Gasteiger partial charge in [0.1, 0.15) is 12.1 Å². The summed E-state index contributed by atoms with van der Waals surface area (Å²) < 4.78 is 5.31. The zero-order valence-corrected chi connectivity index (χ0v) is 9.32. The van der Waals surface area contributed by atoms with Crippen molar-refractivity contribution in [2.24, 2.45) is 17.6 Å². The Bertz CT molecular complexity index is 203. The van der Waals surface area contributed by atoms with Crippen LogP contribution in [-0.2, 0) is 9.53 Å². The minimum atomic E-state index is -0.496. The molecule has 0 radical (unpaired) electrons. The maximum absolute atomic E-state index is 11.3. The number of carbonyl (C=O) groups excluding carboxylic acids is 1. The van der Waals surface area contributed by atoms with Gasteiger partial charge in [-0.15, -0.1) is 0 Å². The van der Waals surface area contributed by atoms with Crippen molar-refractivity contribution in [3.05, 3.63) is 0 Å². The summed E-state index contributed by atoms with van der Waals surface area (Å²) in [4.78, 5) is 11.3. The predicted octanol–water partition coefficient (Wildman–Crippen LogP) is 1.70.